The van der Waals surface area contributed by atoms with Crippen LogP contribution in [0, 0.1) is 6.92 Å². The molecule has 0 saturated heterocycles. The molecule has 1 heterocycles. The van der Waals surface area contributed by atoms with Crippen molar-refractivity contribution >= 4 is 15.9 Å². The molecule has 2 aromatic rings. The zero-order valence-corrected chi connectivity index (χ0v) is 12.0. The maximum atomic E-state index is 12.0. The quantitative estimate of drug-likeness (QED) is 0.893. The standard InChI is InChI=1S/C13H14BrN3O2/c1-8-11(14)12(18)17(13(19)16-8)7-10(15)9-5-3-2-4-6-9/h2-6,10H,7,15H2,1H3,(H,16,19)/t10-/m0/s1. The van der Waals surface area contributed by atoms with E-state index < -0.39 is 11.7 Å². The topological polar surface area (TPSA) is 80.9 Å². The molecule has 0 aliphatic rings. The van der Waals surface area contributed by atoms with Gasteiger partial charge in [-0.2, -0.15) is 0 Å². The fourth-order valence-corrected chi connectivity index (χ4v) is 2.14. The van der Waals surface area contributed by atoms with Crippen LogP contribution in [0.15, 0.2) is 44.4 Å². The van der Waals surface area contributed by atoms with Crippen LogP contribution in [0.25, 0.3) is 0 Å². The van der Waals surface area contributed by atoms with E-state index in [0.29, 0.717) is 10.2 Å². The van der Waals surface area contributed by atoms with E-state index in [-0.39, 0.29) is 12.1 Å². The normalized spacial score (nSPS) is 12.4. The second-order valence-electron chi connectivity index (χ2n) is 4.30. The minimum absolute atomic E-state index is 0.136. The Labute approximate surface area is 118 Å². The van der Waals surface area contributed by atoms with E-state index in [2.05, 4.69) is 20.9 Å². The average molecular weight is 324 g/mol. The zero-order valence-electron chi connectivity index (χ0n) is 10.4. The third-order valence-electron chi connectivity index (χ3n) is 2.91. The second-order valence-corrected chi connectivity index (χ2v) is 5.10. The van der Waals surface area contributed by atoms with Crippen molar-refractivity contribution in [2.75, 3.05) is 0 Å². The zero-order chi connectivity index (χ0) is 14.0. The number of aryl methyl sites for hydroxylation is 1. The van der Waals surface area contributed by atoms with Crippen molar-refractivity contribution in [1.29, 1.82) is 0 Å². The number of aromatic amines is 1. The van der Waals surface area contributed by atoms with Crippen molar-refractivity contribution in [1.82, 2.24) is 9.55 Å². The van der Waals surface area contributed by atoms with Crippen LogP contribution < -0.4 is 17.0 Å². The SMILES string of the molecule is Cc1[nH]c(=O)n(C[C@H](N)c2ccccc2)c(=O)c1Br. The lowest BCUT2D eigenvalue weighted by molar-refractivity contribution is 0.534. The molecule has 6 heteroatoms. The summed E-state index contributed by atoms with van der Waals surface area (Å²) in [7, 11) is 0. The van der Waals surface area contributed by atoms with Gasteiger partial charge in [0.05, 0.1) is 6.54 Å². The number of nitrogens with one attached hydrogen (secondary N) is 1. The van der Waals surface area contributed by atoms with Crippen LogP contribution in [-0.2, 0) is 6.54 Å². The molecule has 0 bridgehead atoms. The van der Waals surface area contributed by atoms with Crippen molar-refractivity contribution in [2.45, 2.75) is 19.5 Å². The highest BCUT2D eigenvalue weighted by molar-refractivity contribution is 9.10. The fraction of sp³-hybridized carbons (Fsp3) is 0.231. The highest BCUT2D eigenvalue weighted by Crippen LogP contribution is 2.11. The summed E-state index contributed by atoms with van der Waals surface area (Å²) in [6, 6.07) is 8.95. The van der Waals surface area contributed by atoms with Crippen molar-refractivity contribution in [3.8, 4) is 0 Å². The Morgan fingerprint density at radius 3 is 2.58 bits per heavy atom. The van der Waals surface area contributed by atoms with Crippen molar-refractivity contribution in [3.63, 3.8) is 0 Å². The van der Waals surface area contributed by atoms with Crippen molar-refractivity contribution in [3.05, 3.63) is 66.9 Å². The Balaban J connectivity index is 2.38. The predicted octanol–water partition coefficient (Wildman–Crippen LogP) is 1.31. The highest BCUT2D eigenvalue weighted by atomic mass is 79.9. The van der Waals surface area contributed by atoms with Gasteiger partial charge in [-0.1, -0.05) is 30.3 Å². The van der Waals surface area contributed by atoms with E-state index in [1.165, 1.54) is 0 Å². The Kier molecular flexibility index (Phi) is 4.01. The van der Waals surface area contributed by atoms with Gasteiger partial charge in [-0.15, -0.1) is 0 Å². The van der Waals surface area contributed by atoms with Gasteiger partial charge in [0.15, 0.2) is 0 Å². The summed E-state index contributed by atoms with van der Waals surface area (Å²) in [4.78, 5) is 26.4. The molecule has 0 aliphatic heterocycles. The molecule has 0 spiro atoms. The fourth-order valence-electron chi connectivity index (χ4n) is 1.82. The number of hydrogen-bond donors (Lipinski definition) is 2. The Morgan fingerprint density at radius 1 is 1.32 bits per heavy atom. The molecule has 0 amide bonds. The van der Waals surface area contributed by atoms with Gasteiger partial charge in [0, 0.05) is 11.7 Å². The van der Waals surface area contributed by atoms with Crippen molar-refractivity contribution in [2.24, 2.45) is 5.73 Å². The maximum Gasteiger partial charge on any atom is 0.328 e. The lowest BCUT2D eigenvalue weighted by Crippen LogP contribution is -2.39. The van der Waals surface area contributed by atoms with Gasteiger partial charge in [0.1, 0.15) is 4.47 Å². The number of halogens is 1. The summed E-state index contributed by atoms with van der Waals surface area (Å²) in [5, 5.41) is 0. The van der Waals surface area contributed by atoms with Gasteiger partial charge < -0.3 is 10.7 Å². The number of H-pyrrole nitrogens is 1. The molecular formula is C13H14BrN3O2. The van der Waals surface area contributed by atoms with E-state index in [1.54, 1.807) is 6.92 Å². The van der Waals surface area contributed by atoms with E-state index in [1.807, 2.05) is 30.3 Å². The van der Waals surface area contributed by atoms with Gasteiger partial charge in [-0.05, 0) is 28.4 Å². The molecule has 100 valence electrons. The van der Waals surface area contributed by atoms with Crippen LogP contribution in [0.1, 0.15) is 17.3 Å². The highest BCUT2D eigenvalue weighted by Gasteiger charge is 2.13. The summed E-state index contributed by atoms with van der Waals surface area (Å²) >= 11 is 3.17. The smallest absolute Gasteiger partial charge is 0.322 e. The molecule has 3 N–H and O–H groups in total. The first kappa shape index (κ1) is 13.8. The molecule has 1 aromatic heterocycles. The molecule has 19 heavy (non-hydrogen) atoms. The molecule has 5 nitrogen and oxygen atoms in total. The molecule has 2 rings (SSSR count). The van der Waals surface area contributed by atoms with Gasteiger partial charge in [0.25, 0.3) is 5.56 Å². The van der Waals surface area contributed by atoms with E-state index in [0.717, 1.165) is 10.1 Å². The van der Waals surface area contributed by atoms with E-state index in [4.69, 9.17) is 5.73 Å². The van der Waals surface area contributed by atoms with Crippen LogP contribution >= 0.6 is 15.9 Å². The average Bonchev–Trinajstić information content (AvgIpc) is 2.42. The van der Waals surface area contributed by atoms with Crippen molar-refractivity contribution < 1.29 is 0 Å². The summed E-state index contributed by atoms with van der Waals surface area (Å²) < 4.78 is 1.46. The van der Waals surface area contributed by atoms with E-state index >= 15 is 0 Å². The summed E-state index contributed by atoms with van der Waals surface area (Å²) in [6.07, 6.45) is 0. The minimum atomic E-state index is -0.447. The van der Waals surface area contributed by atoms with Crippen LogP contribution in [0.4, 0.5) is 0 Å². The predicted molar refractivity (Wildman–Crippen MR) is 77.1 cm³/mol. The molecule has 1 atom stereocenters. The van der Waals surface area contributed by atoms with Crippen LogP contribution in [0.2, 0.25) is 0 Å². The number of benzene rings is 1. The van der Waals surface area contributed by atoms with Crippen LogP contribution in [0.3, 0.4) is 0 Å². The third kappa shape index (κ3) is 2.85. The Bertz CT molecular complexity index is 691. The Hall–Kier alpha value is -1.66. The number of aromatic nitrogens is 2. The third-order valence-corrected chi connectivity index (χ3v) is 3.84. The summed E-state index contributed by atoms with van der Waals surface area (Å²) in [5.41, 5.74) is 6.60. The van der Waals surface area contributed by atoms with E-state index in [9.17, 15) is 9.59 Å². The number of hydrogen-bond acceptors (Lipinski definition) is 3. The molecule has 0 saturated carbocycles. The minimum Gasteiger partial charge on any atom is -0.322 e. The second kappa shape index (κ2) is 5.54. The summed E-state index contributed by atoms with van der Waals surface area (Å²) in [6.45, 7) is 1.80. The largest absolute Gasteiger partial charge is 0.328 e. The molecule has 0 aliphatic carbocycles. The van der Waals surface area contributed by atoms with Crippen LogP contribution in [0.5, 0.6) is 0 Å². The first-order valence-corrected chi connectivity index (χ1v) is 6.59. The lowest BCUT2D eigenvalue weighted by atomic mass is 10.1. The number of rotatable bonds is 3. The Morgan fingerprint density at radius 2 is 1.95 bits per heavy atom. The summed E-state index contributed by atoms with van der Waals surface area (Å²) in [5.74, 6) is 0. The lowest BCUT2D eigenvalue weighted by Gasteiger charge is -2.13. The molecule has 0 radical (unpaired) electrons. The molecular weight excluding hydrogens is 310 g/mol. The van der Waals surface area contributed by atoms with Gasteiger partial charge in [0.2, 0.25) is 0 Å². The molecule has 0 unspecified atom stereocenters. The van der Waals surface area contributed by atoms with Gasteiger partial charge in [-0.25, -0.2) is 4.79 Å². The monoisotopic (exact) mass is 323 g/mol. The first-order valence-electron chi connectivity index (χ1n) is 5.80. The maximum absolute atomic E-state index is 12.0. The van der Waals surface area contributed by atoms with Gasteiger partial charge in [-0.3, -0.25) is 9.36 Å². The number of nitrogens with zero attached hydrogens (tertiary/aromatic N) is 1. The first-order chi connectivity index (χ1) is 9.00. The number of nitrogens with two attached hydrogens (primary N) is 1. The van der Waals surface area contributed by atoms with Crippen LogP contribution in [-0.4, -0.2) is 9.55 Å². The molecule has 1 aromatic carbocycles. The molecule has 0 fully saturated rings. The van der Waals surface area contributed by atoms with Gasteiger partial charge >= 0.3 is 5.69 Å².